The molecule has 1 atom stereocenters. The summed E-state index contributed by atoms with van der Waals surface area (Å²) in [6.07, 6.45) is 0.221. The van der Waals surface area contributed by atoms with Crippen molar-refractivity contribution in [1.82, 2.24) is 5.32 Å². The van der Waals surface area contributed by atoms with Gasteiger partial charge in [0, 0.05) is 11.3 Å². The summed E-state index contributed by atoms with van der Waals surface area (Å²) in [5, 5.41) is 5.43. The van der Waals surface area contributed by atoms with Gasteiger partial charge in [-0.3, -0.25) is 9.59 Å². The number of anilines is 1. The molecule has 0 spiro atoms. The molecule has 0 aromatic heterocycles. The molecule has 0 radical (unpaired) electrons. The van der Waals surface area contributed by atoms with Gasteiger partial charge < -0.3 is 15.5 Å². The summed E-state index contributed by atoms with van der Waals surface area (Å²) in [5.41, 5.74) is 0.833. The van der Waals surface area contributed by atoms with E-state index in [1.807, 2.05) is 24.3 Å². The lowest BCUT2D eigenvalue weighted by molar-refractivity contribution is -0.895. The molecule has 0 bridgehead atoms. The number of para-hydroxylation sites is 1. The van der Waals surface area contributed by atoms with Crippen LogP contribution in [0.15, 0.2) is 29.2 Å². The van der Waals surface area contributed by atoms with Gasteiger partial charge in [-0.2, -0.15) is 0 Å². The second-order valence-electron chi connectivity index (χ2n) is 5.35. The highest BCUT2D eigenvalue weighted by Crippen LogP contribution is 2.36. The van der Waals surface area contributed by atoms with Gasteiger partial charge >= 0.3 is 0 Å². The fraction of sp³-hybridized carbons (Fsp3) is 0.500. The second kappa shape index (κ2) is 8.19. The van der Waals surface area contributed by atoms with Crippen LogP contribution in [0.2, 0.25) is 0 Å². The minimum Gasteiger partial charge on any atom is -0.350 e. The molecule has 1 aromatic rings. The molecule has 6 heteroatoms. The summed E-state index contributed by atoms with van der Waals surface area (Å²) >= 11 is 1.46. The van der Waals surface area contributed by atoms with E-state index in [1.54, 1.807) is 0 Å². The number of nitrogens with one attached hydrogen (secondary N) is 3. The summed E-state index contributed by atoms with van der Waals surface area (Å²) < 4.78 is 0. The predicted molar refractivity (Wildman–Crippen MR) is 89.3 cm³/mol. The van der Waals surface area contributed by atoms with Crippen LogP contribution in [0, 0.1) is 0 Å². The maximum absolute atomic E-state index is 12.1. The number of benzene rings is 1. The molecule has 5 nitrogen and oxygen atoms in total. The van der Waals surface area contributed by atoms with Gasteiger partial charge in [0.2, 0.25) is 11.8 Å². The third-order valence-electron chi connectivity index (χ3n) is 3.88. The lowest BCUT2D eigenvalue weighted by Crippen LogP contribution is -3.12. The molecule has 0 fully saturated rings. The molecule has 22 heavy (non-hydrogen) atoms. The van der Waals surface area contributed by atoms with Crippen molar-refractivity contribution in [1.29, 1.82) is 0 Å². The van der Waals surface area contributed by atoms with Crippen LogP contribution in [-0.2, 0) is 9.59 Å². The van der Waals surface area contributed by atoms with Gasteiger partial charge in [-0.15, -0.1) is 11.8 Å². The first-order valence-electron chi connectivity index (χ1n) is 7.80. The van der Waals surface area contributed by atoms with Crippen LogP contribution in [0.1, 0.15) is 20.3 Å². The Morgan fingerprint density at radius 3 is 2.77 bits per heavy atom. The Hall–Kier alpha value is -1.53. The van der Waals surface area contributed by atoms with Crippen molar-refractivity contribution in [2.75, 3.05) is 31.5 Å². The quantitative estimate of drug-likeness (QED) is 0.686. The Morgan fingerprint density at radius 1 is 1.32 bits per heavy atom. The summed E-state index contributed by atoms with van der Waals surface area (Å²) in [6, 6.07) is 7.67. The van der Waals surface area contributed by atoms with E-state index < -0.39 is 0 Å². The van der Waals surface area contributed by atoms with E-state index in [-0.39, 0.29) is 23.5 Å². The molecule has 1 aliphatic heterocycles. The maximum Gasteiger partial charge on any atom is 0.238 e. The minimum absolute atomic E-state index is 0.0569. The summed E-state index contributed by atoms with van der Waals surface area (Å²) in [4.78, 5) is 26.5. The number of likely N-dealkylation sites (N-methyl/N-ethyl adjacent to an activating group) is 1. The third kappa shape index (κ3) is 4.48. The van der Waals surface area contributed by atoms with E-state index in [2.05, 4.69) is 24.5 Å². The van der Waals surface area contributed by atoms with E-state index in [1.165, 1.54) is 16.7 Å². The zero-order chi connectivity index (χ0) is 15.9. The number of thioether (sulfide) groups is 1. The molecule has 2 rings (SSSR count). The highest BCUT2D eigenvalue weighted by molar-refractivity contribution is 8.01. The molecule has 120 valence electrons. The highest BCUT2D eigenvalue weighted by Gasteiger charge is 2.28. The number of hydrogen-bond acceptors (Lipinski definition) is 3. The molecule has 0 saturated heterocycles. The average Bonchev–Trinajstić information content (AvgIpc) is 2.52. The van der Waals surface area contributed by atoms with E-state index >= 15 is 0 Å². The van der Waals surface area contributed by atoms with Crippen molar-refractivity contribution in [2.45, 2.75) is 30.4 Å². The SMILES string of the molecule is CC[NH+](CC)CCNC(=O)CC1Sc2ccccc2NC1=O. The Balaban J connectivity index is 1.81. The number of quaternary nitrogens is 1. The summed E-state index contributed by atoms with van der Waals surface area (Å²) in [6.45, 7) is 7.98. The second-order valence-corrected chi connectivity index (χ2v) is 6.60. The molecular formula is C16H24N3O2S+. The Bertz CT molecular complexity index is 532. The van der Waals surface area contributed by atoms with Crippen molar-refractivity contribution in [3.8, 4) is 0 Å². The Kier molecular flexibility index (Phi) is 6.27. The van der Waals surface area contributed by atoms with Crippen LogP contribution >= 0.6 is 11.8 Å². The van der Waals surface area contributed by atoms with Crippen LogP contribution in [0.3, 0.4) is 0 Å². The van der Waals surface area contributed by atoms with Crippen molar-refractivity contribution in [3.05, 3.63) is 24.3 Å². The fourth-order valence-electron chi connectivity index (χ4n) is 2.45. The molecule has 0 saturated carbocycles. The molecule has 1 aromatic carbocycles. The minimum atomic E-state index is -0.351. The van der Waals surface area contributed by atoms with Crippen LogP contribution in [0.5, 0.6) is 0 Å². The normalized spacial score (nSPS) is 17.0. The first kappa shape index (κ1) is 16.8. The van der Waals surface area contributed by atoms with E-state index in [0.717, 1.165) is 30.2 Å². The monoisotopic (exact) mass is 322 g/mol. The maximum atomic E-state index is 12.1. The number of fused-ring (bicyclic) bond motifs is 1. The van der Waals surface area contributed by atoms with Crippen LogP contribution in [0.25, 0.3) is 0 Å². The standard InChI is InChI=1S/C16H23N3O2S/c1-3-19(4-2)10-9-17-15(20)11-14-16(21)18-12-7-5-6-8-13(12)22-14/h5-8,14H,3-4,9-11H2,1-2H3,(H,17,20)(H,18,21)/p+1. The van der Waals surface area contributed by atoms with Crippen LogP contribution in [0.4, 0.5) is 5.69 Å². The van der Waals surface area contributed by atoms with Gasteiger partial charge in [0.1, 0.15) is 0 Å². The number of carbonyl (C=O) groups is 2. The van der Waals surface area contributed by atoms with Gasteiger partial charge in [0.25, 0.3) is 0 Å². The van der Waals surface area contributed by atoms with E-state index in [9.17, 15) is 9.59 Å². The summed E-state index contributed by atoms with van der Waals surface area (Å²) in [7, 11) is 0. The number of hydrogen-bond donors (Lipinski definition) is 3. The molecular weight excluding hydrogens is 298 g/mol. The number of carbonyl (C=O) groups excluding carboxylic acids is 2. The molecule has 0 aliphatic carbocycles. The fourth-order valence-corrected chi connectivity index (χ4v) is 3.56. The number of rotatable bonds is 7. The zero-order valence-electron chi connectivity index (χ0n) is 13.1. The lowest BCUT2D eigenvalue weighted by atomic mass is 10.2. The van der Waals surface area contributed by atoms with Crippen LogP contribution in [-0.4, -0.2) is 43.2 Å². The Morgan fingerprint density at radius 2 is 2.05 bits per heavy atom. The molecule has 2 amide bonds. The van der Waals surface area contributed by atoms with Gasteiger partial charge in [-0.05, 0) is 26.0 Å². The highest BCUT2D eigenvalue weighted by atomic mass is 32.2. The van der Waals surface area contributed by atoms with Gasteiger partial charge in [-0.25, -0.2) is 0 Å². The topological polar surface area (TPSA) is 62.6 Å². The average molecular weight is 322 g/mol. The van der Waals surface area contributed by atoms with Crippen LogP contribution < -0.4 is 15.5 Å². The molecule has 1 heterocycles. The molecule has 3 N–H and O–H groups in total. The lowest BCUT2D eigenvalue weighted by Gasteiger charge is -2.23. The van der Waals surface area contributed by atoms with E-state index in [0.29, 0.717) is 6.54 Å². The van der Waals surface area contributed by atoms with Crippen molar-refractivity contribution in [3.63, 3.8) is 0 Å². The predicted octanol–water partition coefficient (Wildman–Crippen LogP) is 0.530. The zero-order valence-corrected chi connectivity index (χ0v) is 14.0. The van der Waals surface area contributed by atoms with Crippen molar-refractivity contribution in [2.24, 2.45) is 0 Å². The Labute approximate surface area is 135 Å². The van der Waals surface area contributed by atoms with Gasteiger partial charge in [-0.1, -0.05) is 12.1 Å². The third-order valence-corrected chi connectivity index (χ3v) is 5.15. The van der Waals surface area contributed by atoms with E-state index in [4.69, 9.17) is 0 Å². The van der Waals surface area contributed by atoms with Crippen molar-refractivity contribution < 1.29 is 14.5 Å². The first-order valence-corrected chi connectivity index (χ1v) is 8.68. The van der Waals surface area contributed by atoms with Gasteiger partial charge in [0.05, 0.1) is 37.1 Å². The van der Waals surface area contributed by atoms with Gasteiger partial charge in [0.15, 0.2) is 0 Å². The molecule has 1 unspecified atom stereocenters. The largest absolute Gasteiger partial charge is 0.350 e. The van der Waals surface area contributed by atoms with Crippen molar-refractivity contribution >= 4 is 29.3 Å². The smallest absolute Gasteiger partial charge is 0.238 e. The first-order chi connectivity index (χ1) is 10.6. The number of amides is 2. The molecule has 1 aliphatic rings. The summed E-state index contributed by atoms with van der Waals surface area (Å²) in [5.74, 6) is -0.146.